The topological polar surface area (TPSA) is 21.3 Å². The molecule has 2 nitrogen and oxygen atoms in total. The number of thioether (sulfide) groups is 2. The first-order valence-electron chi connectivity index (χ1n) is 5.56. The van der Waals surface area contributed by atoms with Crippen molar-refractivity contribution in [3.63, 3.8) is 0 Å². The first-order valence-corrected chi connectivity index (χ1v) is 7.66. The third kappa shape index (κ3) is 2.66. The Bertz CT molecular complexity index is 245. The number of rotatable bonds is 3. The molecule has 0 aromatic rings. The van der Waals surface area contributed by atoms with Crippen LogP contribution in [0.4, 0.5) is 0 Å². The van der Waals surface area contributed by atoms with Crippen LogP contribution in [0.3, 0.4) is 0 Å². The van der Waals surface area contributed by atoms with Gasteiger partial charge in [-0.25, -0.2) is 0 Å². The second-order valence-electron chi connectivity index (χ2n) is 3.92. The smallest absolute Gasteiger partial charge is 0.110 e. The van der Waals surface area contributed by atoms with Gasteiger partial charge in [-0.05, 0) is 13.1 Å². The van der Waals surface area contributed by atoms with E-state index in [9.17, 15) is 0 Å². The van der Waals surface area contributed by atoms with Crippen LogP contribution in [0.15, 0.2) is 11.8 Å². The van der Waals surface area contributed by atoms with Gasteiger partial charge in [0.15, 0.2) is 0 Å². The van der Waals surface area contributed by atoms with E-state index in [0.717, 1.165) is 13.0 Å². The monoisotopic (exact) mass is 245 g/mol. The van der Waals surface area contributed by atoms with Crippen molar-refractivity contribution in [2.45, 2.75) is 29.9 Å². The zero-order valence-electron chi connectivity index (χ0n) is 9.36. The van der Waals surface area contributed by atoms with Crippen molar-refractivity contribution >= 4 is 23.5 Å². The summed E-state index contributed by atoms with van der Waals surface area (Å²) in [6.45, 7) is 3.20. The maximum absolute atomic E-state index is 5.68. The summed E-state index contributed by atoms with van der Waals surface area (Å²) in [5, 5.41) is 4.78. The Hall–Kier alpha value is 0.200. The van der Waals surface area contributed by atoms with E-state index in [0.29, 0.717) is 16.5 Å². The standard InChI is InChI=1S/C11H19NOS2/c1-8-11(15-7-6-14-8)10(12-2)9-4-3-5-13-9/h4,8,10-12H,3,5-7H2,1-2H3. The van der Waals surface area contributed by atoms with E-state index in [1.54, 1.807) is 0 Å². The van der Waals surface area contributed by atoms with Crippen LogP contribution >= 0.6 is 23.5 Å². The van der Waals surface area contributed by atoms with Crippen LogP contribution in [0.2, 0.25) is 0 Å². The molecule has 0 amide bonds. The van der Waals surface area contributed by atoms with Gasteiger partial charge in [-0.3, -0.25) is 0 Å². The van der Waals surface area contributed by atoms with Crippen LogP contribution in [0.25, 0.3) is 0 Å². The van der Waals surface area contributed by atoms with Crippen molar-refractivity contribution in [1.29, 1.82) is 0 Å². The molecule has 2 rings (SSSR count). The Morgan fingerprint density at radius 2 is 2.27 bits per heavy atom. The van der Waals surface area contributed by atoms with Crippen LogP contribution in [-0.4, -0.2) is 41.7 Å². The molecule has 1 fully saturated rings. The fraction of sp³-hybridized carbons (Fsp3) is 0.818. The summed E-state index contributed by atoms with van der Waals surface area (Å²) in [4.78, 5) is 0. The second-order valence-corrected chi connectivity index (χ2v) is 6.69. The van der Waals surface area contributed by atoms with Crippen LogP contribution in [0.1, 0.15) is 13.3 Å². The number of ether oxygens (including phenoxy) is 1. The molecule has 3 unspecified atom stereocenters. The molecule has 0 aromatic carbocycles. The Labute approximate surface area is 101 Å². The van der Waals surface area contributed by atoms with Crippen LogP contribution in [0.5, 0.6) is 0 Å². The predicted octanol–water partition coefficient (Wildman–Crippen LogP) is 2.12. The molecule has 2 aliphatic rings. The molecule has 86 valence electrons. The second kappa shape index (κ2) is 5.51. The van der Waals surface area contributed by atoms with Crippen molar-refractivity contribution in [2.24, 2.45) is 0 Å². The van der Waals surface area contributed by atoms with Crippen LogP contribution in [0, 0.1) is 0 Å². The van der Waals surface area contributed by atoms with Gasteiger partial charge >= 0.3 is 0 Å². The van der Waals surface area contributed by atoms with Gasteiger partial charge < -0.3 is 10.1 Å². The minimum absolute atomic E-state index is 0.403. The van der Waals surface area contributed by atoms with Gasteiger partial charge in [0.1, 0.15) is 5.76 Å². The van der Waals surface area contributed by atoms with E-state index in [2.05, 4.69) is 41.8 Å². The van der Waals surface area contributed by atoms with Gasteiger partial charge in [-0.1, -0.05) is 6.92 Å². The molecule has 3 atom stereocenters. The summed E-state index contributed by atoms with van der Waals surface area (Å²) in [5.74, 6) is 3.73. The van der Waals surface area contributed by atoms with Gasteiger partial charge in [-0.15, -0.1) is 0 Å². The largest absolute Gasteiger partial charge is 0.496 e. The first kappa shape index (κ1) is 11.7. The summed E-state index contributed by atoms with van der Waals surface area (Å²) in [5.41, 5.74) is 0. The van der Waals surface area contributed by atoms with Gasteiger partial charge in [0.2, 0.25) is 0 Å². The van der Waals surface area contributed by atoms with Crippen LogP contribution < -0.4 is 5.32 Å². The number of nitrogens with one attached hydrogen (secondary N) is 1. The van der Waals surface area contributed by atoms with Gasteiger partial charge in [-0.2, -0.15) is 23.5 Å². The molecule has 1 saturated heterocycles. The van der Waals surface area contributed by atoms with Crippen molar-refractivity contribution in [1.82, 2.24) is 5.32 Å². The summed E-state index contributed by atoms with van der Waals surface area (Å²) >= 11 is 4.17. The fourth-order valence-corrected chi connectivity index (χ4v) is 5.10. The highest BCUT2D eigenvalue weighted by molar-refractivity contribution is 8.07. The van der Waals surface area contributed by atoms with Crippen molar-refractivity contribution < 1.29 is 4.74 Å². The number of hydrogen-bond acceptors (Lipinski definition) is 4. The maximum atomic E-state index is 5.68. The zero-order valence-corrected chi connectivity index (χ0v) is 11.0. The van der Waals surface area contributed by atoms with Crippen molar-refractivity contribution in [2.75, 3.05) is 25.2 Å². The highest BCUT2D eigenvalue weighted by Crippen LogP contribution is 2.35. The lowest BCUT2D eigenvalue weighted by Crippen LogP contribution is -2.44. The highest BCUT2D eigenvalue weighted by Gasteiger charge is 2.33. The Balaban J connectivity index is 2.03. The normalized spacial score (nSPS) is 33.3. The molecular weight excluding hydrogens is 226 g/mol. The third-order valence-electron chi connectivity index (χ3n) is 2.92. The fourth-order valence-electron chi connectivity index (χ4n) is 2.14. The molecule has 2 aliphatic heterocycles. The Kier molecular flexibility index (Phi) is 4.29. The van der Waals surface area contributed by atoms with Gasteiger partial charge in [0.05, 0.1) is 12.6 Å². The van der Waals surface area contributed by atoms with E-state index in [-0.39, 0.29) is 0 Å². The first-order chi connectivity index (χ1) is 7.33. The Morgan fingerprint density at radius 3 is 2.87 bits per heavy atom. The lowest BCUT2D eigenvalue weighted by Gasteiger charge is -2.34. The van der Waals surface area contributed by atoms with E-state index >= 15 is 0 Å². The Morgan fingerprint density at radius 1 is 1.47 bits per heavy atom. The average Bonchev–Trinajstić information content (AvgIpc) is 2.75. The lowest BCUT2D eigenvalue weighted by molar-refractivity contribution is 0.216. The summed E-state index contributed by atoms with van der Waals surface area (Å²) < 4.78 is 5.68. The highest BCUT2D eigenvalue weighted by atomic mass is 32.2. The molecule has 0 saturated carbocycles. The molecule has 0 aliphatic carbocycles. The van der Waals surface area contributed by atoms with E-state index in [4.69, 9.17) is 4.74 Å². The molecule has 2 heterocycles. The zero-order chi connectivity index (χ0) is 10.7. The molecule has 0 aromatic heterocycles. The molecule has 0 spiro atoms. The van der Waals surface area contributed by atoms with Crippen molar-refractivity contribution in [3.05, 3.63) is 11.8 Å². The summed E-state index contributed by atoms with van der Waals surface area (Å²) in [6.07, 6.45) is 3.32. The van der Waals surface area contributed by atoms with E-state index in [1.807, 2.05) is 7.05 Å². The molecule has 4 heteroatoms. The van der Waals surface area contributed by atoms with Gasteiger partial charge in [0.25, 0.3) is 0 Å². The molecule has 0 radical (unpaired) electrons. The van der Waals surface area contributed by atoms with Crippen molar-refractivity contribution in [3.8, 4) is 0 Å². The van der Waals surface area contributed by atoms with E-state index in [1.165, 1.54) is 17.3 Å². The summed E-state index contributed by atoms with van der Waals surface area (Å²) in [7, 11) is 2.04. The molecule has 0 bridgehead atoms. The quantitative estimate of drug-likeness (QED) is 0.822. The molecule has 15 heavy (non-hydrogen) atoms. The lowest BCUT2D eigenvalue weighted by atomic mass is 10.1. The predicted molar refractivity (Wildman–Crippen MR) is 69.7 cm³/mol. The number of hydrogen-bond donors (Lipinski definition) is 1. The minimum Gasteiger partial charge on any atom is -0.496 e. The maximum Gasteiger partial charge on any atom is 0.110 e. The van der Waals surface area contributed by atoms with E-state index < -0.39 is 0 Å². The summed E-state index contributed by atoms with van der Waals surface area (Å²) in [6, 6.07) is 0.403. The van der Waals surface area contributed by atoms with Crippen LogP contribution in [-0.2, 0) is 4.74 Å². The average molecular weight is 245 g/mol. The molecular formula is C11H19NOS2. The SMILES string of the molecule is CNC(C1=CCCO1)C1SCCSC1C. The van der Waals surface area contributed by atoms with Gasteiger partial charge in [0, 0.05) is 28.4 Å². The number of likely N-dealkylation sites (N-methyl/N-ethyl adjacent to an activating group) is 1. The minimum atomic E-state index is 0.403. The molecule has 1 N–H and O–H groups in total. The third-order valence-corrected chi connectivity index (χ3v) is 6.11.